The van der Waals surface area contributed by atoms with E-state index >= 15 is 0 Å². The van der Waals surface area contributed by atoms with E-state index in [2.05, 4.69) is 4.99 Å². The zero-order valence-corrected chi connectivity index (χ0v) is 17.4. The summed E-state index contributed by atoms with van der Waals surface area (Å²) in [6.07, 6.45) is 0.0917. The molecule has 1 fully saturated rings. The highest BCUT2D eigenvalue weighted by Gasteiger charge is 2.21. The zero-order valence-electron chi connectivity index (χ0n) is 14.3. The largest absolute Gasteiger partial charge is 0.375 e. The number of morpholine rings is 1. The molecule has 142 valence electrons. The minimum atomic E-state index is -3.66. The number of sulfonamides is 1. The van der Waals surface area contributed by atoms with E-state index in [0.717, 1.165) is 12.1 Å². The van der Waals surface area contributed by atoms with Crippen LogP contribution >= 0.6 is 24.0 Å². The highest BCUT2D eigenvalue weighted by molar-refractivity contribution is 14.0. The Bertz CT molecular complexity index is 685. The summed E-state index contributed by atoms with van der Waals surface area (Å²) >= 11 is 0. The van der Waals surface area contributed by atoms with Gasteiger partial charge >= 0.3 is 0 Å². The van der Waals surface area contributed by atoms with Crippen LogP contribution in [0.15, 0.2) is 34.2 Å². The molecule has 2 N–H and O–H groups in total. The smallest absolute Gasteiger partial charge is 0.242 e. The summed E-state index contributed by atoms with van der Waals surface area (Å²) in [5.74, 6) is -0.0913. The van der Waals surface area contributed by atoms with Crippen LogP contribution in [0.25, 0.3) is 0 Å². The van der Waals surface area contributed by atoms with Gasteiger partial charge in [-0.2, -0.15) is 4.31 Å². The second-order valence-corrected chi connectivity index (χ2v) is 7.69. The van der Waals surface area contributed by atoms with Gasteiger partial charge in [-0.3, -0.25) is 4.99 Å². The van der Waals surface area contributed by atoms with Gasteiger partial charge in [0, 0.05) is 26.7 Å². The molecular weight excluding hydrogens is 462 g/mol. The Balaban J connectivity index is 0.00000312. The average molecular weight is 486 g/mol. The maximum Gasteiger partial charge on any atom is 0.242 e. The Labute approximate surface area is 165 Å². The van der Waals surface area contributed by atoms with Gasteiger partial charge in [0.05, 0.1) is 24.2 Å². The number of ether oxygens (including phenoxy) is 1. The molecular formula is C15H24FIN4O3S. The first kappa shape index (κ1) is 22.1. The average Bonchev–Trinajstić information content (AvgIpc) is 2.55. The maximum atomic E-state index is 12.9. The predicted octanol–water partition coefficient (Wildman–Crippen LogP) is 1.10. The number of hydrogen-bond donors (Lipinski definition) is 1. The van der Waals surface area contributed by atoms with E-state index in [-0.39, 0.29) is 48.1 Å². The van der Waals surface area contributed by atoms with Crippen molar-refractivity contribution in [3.05, 3.63) is 30.1 Å². The minimum absolute atomic E-state index is 0. The first-order valence-corrected chi connectivity index (χ1v) is 9.13. The Morgan fingerprint density at radius 3 is 2.68 bits per heavy atom. The van der Waals surface area contributed by atoms with Crippen molar-refractivity contribution >= 4 is 40.0 Å². The van der Waals surface area contributed by atoms with Crippen LogP contribution in [-0.4, -0.2) is 69.5 Å². The van der Waals surface area contributed by atoms with Crippen molar-refractivity contribution in [1.29, 1.82) is 0 Å². The Kier molecular flexibility index (Phi) is 8.51. The molecule has 7 nitrogen and oxygen atoms in total. The Morgan fingerprint density at radius 2 is 2.08 bits per heavy atom. The van der Waals surface area contributed by atoms with Crippen LogP contribution in [0.5, 0.6) is 0 Å². The van der Waals surface area contributed by atoms with Crippen LogP contribution in [0.2, 0.25) is 0 Å². The number of guanidine groups is 1. The summed E-state index contributed by atoms with van der Waals surface area (Å²) in [5.41, 5.74) is 5.94. The van der Waals surface area contributed by atoms with E-state index in [0.29, 0.717) is 25.7 Å². The van der Waals surface area contributed by atoms with Gasteiger partial charge in [-0.1, -0.05) is 0 Å². The molecule has 0 aliphatic carbocycles. The van der Waals surface area contributed by atoms with E-state index in [9.17, 15) is 12.8 Å². The molecule has 1 atom stereocenters. The number of nitrogens with zero attached hydrogens (tertiary/aromatic N) is 3. The number of aliphatic imine (C=N–C) groups is 1. The van der Waals surface area contributed by atoms with Crippen LogP contribution in [0, 0.1) is 5.82 Å². The van der Waals surface area contributed by atoms with Crippen molar-refractivity contribution in [2.45, 2.75) is 17.9 Å². The lowest BCUT2D eigenvalue weighted by Crippen LogP contribution is -2.48. The first-order valence-electron chi connectivity index (χ1n) is 7.69. The lowest BCUT2D eigenvalue weighted by Gasteiger charge is -2.31. The monoisotopic (exact) mass is 486 g/mol. The van der Waals surface area contributed by atoms with Gasteiger partial charge in [-0.05, 0) is 31.2 Å². The van der Waals surface area contributed by atoms with Gasteiger partial charge < -0.3 is 15.4 Å². The molecule has 1 aliphatic heterocycles. The highest BCUT2D eigenvalue weighted by atomic mass is 127. The second kappa shape index (κ2) is 9.64. The van der Waals surface area contributed by atoms with E-state index in [1.54, 1.807) is 0 Å². The molecule has 0 radical (unpaired) electrons. The molecule has 1 aliphatic rings. The first-order chi connectivity index (χ1) is 11.3. The number of halogens is 2. The predicted molar refractivity (Wildman–Crippen MR) is 105 cm³/mol. The summed E-state index contributed by atoms with van der Waals surface area (Å²) in [6.45, 7) is 4.32. The normalized spacial score (nSPS) is 19.0. The lowest BCUT2D eigenvalue weighted by atomic mass is 10.3. The van der Waals surface area contributed by atoms with Gasteiger partial charge in [-0.25, -0.2) is 12.8 Å². The molecule has 1 aromatic rings. The number of hydrogen-bond acceptors (Lipinski definition) is 4. The fourth-order valence-corrected chi connectivity index (χ4v) is 3.50. The third kappa shape index (κ3) is 6.04. The van der Waals surface area contributed by atoms with Crippen molar-refractivity contribution in [3.63, 3.8) is 0 Å². The lowest BCUT2D eigenvalue weighted by molar-refractivity contribution is 0.00530. The van der Waals surface area contributed by atoms with Crippen molar-refractivity contribution in [2.24, 2.45) is 10.7 Å². The van der Waals surface area contributed by atoms with Gasteiger partial charge in [0.1, 0.15) is 5.82 Å². The third-order valence-corrected chi connectivity index (χ3v) is 5.65. The standard InChI is InChI=1S/C15H23FN4O3S.HI/c1-12-11-20(9-10-23-12)15(17)18-7-8-19(2)24(21,22)14-5-3-13(16)4-6-14;/h3-6,12H,7-11H2,1-2H3,(H2,17,18);1H. The zero-order chi connectivity index (χ0) is 17.7. The molecule has 1 unspecified atom stereocenters. The van der Waals surface area contributed by atoms with Crippen molar-refractivity contribution < 1.29 is 17.5 Å². The molecule has 10 heteroatoms. The van der Waals surface area contributed by atoms with Gasteiger partial charge in [0.15, 0.2) is 5.96 Å². The molecule has 1 aromatic carbocycles. The third-order valence-electron chi connectivity index (χ3n) is 3.78. The molecule has 25 heavy (non-hydrogen) atoms. The van der Waals surface area contributed by atoms with E-state index in [1.807, 2.05) is 11.8 Å². The summed E-state index contributed by atoms with van der Waals surface area (Å²) in [4.78, 5) is 6.21. The highest BCUT2D eigenvalue weighted by Crippen LogP contribution is 2.14. The molecule has 2 rings (SSSR count). The molecule has 1 saturated heterocycles. The summed E-state index contributed by atoms with van der Waals surface area (Å²) < 4.78 is 44.3. The van der Waals surface area contributed by atoms with Crippen molar-refractivity contribution in [2.75, 3.05) is 39.8 Å². The van der Waals surface area contributed by atoms with Gasteiger partial charge in [0.25, 0.3) is 0 Å². The van der Waals surface area contributed by atoms with E-state index in [4.69, 9.17) is 10.5 Å². The van der Waals surface area contributed by atoms with Crippen LogP contribution in [0.4, 0.5) is 4.39 Å². The summed E-state index contributed by atoms with van der Waals surface area (Å²) in [6, 6.07) is 4.73. The van der Waals surface area contributed by atoms with Crippen LogP contribution in [0.3, 0.4) is 0 Å². The van der Waals surface area contributed by atoms with Gasteiger partial charge in [0.2, 0.25) is 10.0 Å². The number of benzene rings is 1. The molecule has 0 amide bonds. The quantitative estimate of drug-likeness (QED) is 0.383. The van der Waals surface area contributed by atoms with Gasteiger partial charge in [-0.15, -0.1) is 24.0 Å². The molecule has 0 aromatic heterocycles. The molecule has 1 heterocycles. The maximum absolute atomic E-state index is 12.9. The van der Waals surface area contributed by atoms with Crippen LogP contribution in [0.1, 0.15) is 6.92 Å². The van der Waals surface area contributed by atoms with E-state index < -0.39 is 15.8 Å². The number of likely N-dealkylation sites (N-methyl/N-ethyl adjacent to an activating group) is 1. The molecule has 0 bridgehead atoms. The number of nitrogens with two attached hydrogens (primary N) is 1. The summed E-state index contributed by atoms with van der Waals surface area (Å²) in [5, 5.41) is 0. The SMILES string of the molecule is CC1CN(C(N)=NCCN(C)S(=O)(=O)c2ccc(F)cc2)CCO1.I. The number of rotatable bonds is 5. The minimum Gasteiger partial charge on any atom is -0.375 e. The van der Waals surface area contributed by atoms with Crippen molar-refractivity contribution in [1.82, 2.24) is 9.21 Å². The molecule has 0 saturated carbocycles. The fourth-order valence-electron chi connectivity index (χ4n) is 2.34. The fraction of sp³-hybridized carbons (Fsp3) is 0.533. The second-order valence-electron chi connectivity index (χ2n) is 5.65. The Hall–Kier alpha value is -0.980. The summed E-state index contributed by atoms with van der Waals surface area (Å²) in [7, 11) is -2.20. The Morgan fingerprint density at radius 1 is 1.44 bits per heavy atom. The topological polar surface area (TPSA) is 88.2 Å². The van der Waals surface area contributed by atoms with Crippen LogP contribution in [-0.2, 0) is 14.8 Å². The van der Waals surface area contributed by atoms with E-state index in [1.165, 1.54) is 23.5 Å². The molecule has 0 spiro atoms. The van der Waals surface area contributed by atoms with Crippen molar-refractivity contribution in [3.8, 4) is 0 Å². The van der Waals surface area contributed by atoms with Crippen LogP contribution < -0.4 is 5.73 Å².